The van der Waals surface area contributed by atoms with Crippen molar-refractivity contribution in [2.24, 2.45) is 0 Å². The molecular weight excluding hydrogens is 346 g/mol. The molecule has 26 heavy (non-hydrogen) atoms. The molecule has 2 N–H and O–H groups in total. The molecule has 7 heteroatoms. The van der Waals surface area contributed by atoms with Crippen LogP contribution in [0.4, 0.5) is 4.79 Å². The topological polar surface area (TPSA) is 71.8 Å². The molecule has 0 saturated heterocycles. The SMILES string of the molecule is O=C(NCCc1nsc2ccccc12)NCCn1cc2ccccc2n1. The molecule has 0 unspecified atom stereocenters. The van der Waals surface area contributed by atoms with Crippen molar-refractivity contribution in [1.82, 2.24) is 24.8 Å². The predicted molar refractivity (Wildman–Crippen MR) is 104 cm³/mol. The Morgan fingerprint density at radius 2 is 1.85 bits per heavy atom. The monoisotopic (exact) mass is 365 g/mol. The first kappa shape index (κ1) is 16.5. The van der Waals surface area contributed by atoms with Gasteiger partial charge < -0.3 is 10.6 Å². The fourth-order valence-corrected chi connectivity index (χ4v) is 3.71. The molecule has 2 aromatic carbocycles. The Labute approximate surface area is 155 Å². The van der Waals surface area contributed by atoms with E-state index in [0.717, 1.165) is 23.0 Å². The summed E-state index contributed by atoms with van der Waals surface area (Å²) in [6.07, 6.45) is 2.71. The molecule has 0 bridgehead atoms. The molecule has 4 rings (SSSR count). The van der Waals surface area contributed by atoms with Crippen molar-refractivity contribution in [3.8, 4) is 0 Å². The lowest BCUT2D eigenvalue weighted by Gasteiger charge is -2.07. The van der Waals surface area contributed by atoms with Crippen LogP contribution in [0.1, 0.15) is 5.69 Å². The summed E-state index contributed by atoms with van der Waals surface area (Å²) in [6, 6.07) is 16.0. The van der Waals surface area contributed by atoms with Gasteiger partial charge >= 0.3 is 6.03 Å². The van der Waals surface area contributed by atoms with Gasteiger partial charge in [-0.2, -0.15) is 9.47 Å². The minimum Gasteiger partial charge on any atom is -0.338 e. The number of amides is 2. The number of aromatic nitrogens is 3. The lowest BCUT2D eigenvalue weighted by molar-refractivity contribution is 0.240. The van der Waals surface area contributed by atoms with Crippen molar-refractivity contribution in [3.05, 3.63) is 60.4 Å². The maximum absolute atomic E-state index is 11.9. The number of fused-ring (bicyclic) bond motifs is 2. The van der Waals surface area contributed by atoms with Gasteiger partial charge in [0.25, 0.3) is 0 Å². The highest BCUT2D eigenvalue weighted by molar-refractivity contribution is 7.13. The van der Waals surface area contributed by atoms with E-state index in [1.54, 1.807) is 0 Å². The van der Waals surface area contributed by atoms with Crippen molar-refractivity contribution in [3.63, 3.8) is 0 Å². The molecule has 0 aliphatic carbocycles. The Morgan fingerprint density at radius 1 is 1.04 bits per heavy atom. The van der Waals surface area contributed by atoms with Crippen LogP contribution in [0.15, 0.2) is 54.7 Å². The van der Waals surface area contributed by atoms with Gasteiger partial charge in [0.05, 0.1) is 22.5 Å². The predicted octanol–water partition coefficient (Wildman–Crippen LogP) is 3.19. The molecule has 0 aliphatic rings. The van der Waals surface area contributed by atoms with Crippen LogP contribution in [0, 0.1) is 0 Å². The molecule has 0 radical (unpaired) electrons. The maximum atomic E-state index is 11.9. The second-order valence-electron chi connectivity index (χ2n) is 6.01. The lowest BCUT2D eigenvalue weighted by atomic mass is 10.2. The van der Waals surface area contributed by atoms with Crippen molar-refractivity contribution >= 4 is 38.6 Å². The van der Waals surface area contributed by atoms with Crippen LogP contribution in [-0.4, -0.2) is 33.3 Å². The van der Waals surface area contributed by atoms with Crippen LogP contribution in [0.3, 0.4) is 0 Å². The zero-order valence-electron chi connectivity index (χ0n) is 14.2. The van der Waals surface area contributed by atoms with Gasteiger partial charge in [-0.1, -0.05) is 36.4 Å². The molecule has 132 valence electrons. The summed E-state index contributed by atoms with van der Waals surface area (Å²) in [6.45, 7) is 1.73. The largest absolute Gasteiger partial charge is 0.338 e. The first-order valence-electron chi connectivity index (χ1n) is 8.57. The number of nitrogens with one attached hydrogen (secondary N) is 2. The fraction of sp³-hybridized carbons (Fsp3) is 0.211. The molecule has 6 nitrogen and oxygen atoms in total. The number of hydrogen-bond acceptors (Lipinski definition) is 4. The summed E-state index contributed by atoms with van der Waals surface area (Å²) in [5.74, 6) is 0. The van der Waals surface area contributed by atoms with E-state index in [1.165, 1.54) is 21.6 Å². The first-order valence-corrected chi connectivity index (χ1v) is 9.34. The Bertz CT molecular complexity index is 1010. The molecule has 0 aliphatic heterocycles. The van der Waals surface area contributed by atoms with Crippen molar-refractivity contribution in [2.45, 2.75) is 13.0 Å². The Morgan fingerprint density at radius 3 is 2.77 bits per heavy atom. The van der Waals surface area contributed by atoms with Crippen LogP contribution in [0.25, 0.3) is 21.0 Å². The highest BCUT2D eigenvalue weighted by Gasteiger charge is 2.06. The average Bonchev–Trinajstić information content (AvgIpc) is 3.25. The van der Waals surface area contributed by atoms with Gasteiger partial charge in [-0.25, -0.2) is 4.79 Å². The summed E-state index contributed by atoms with van der Waals surface area (Å²) in [5.41, 5.74) is 2.00. The quantitative estimate of drug-likeness (QED) is 0.551. The van der Waals surface area contributed by atoms with Crippen LogP contribution < -0.4 is 10.6 Å². The summed E-state index contributed by atoms with van der Waals surface area (Å²) in [4.78, 5) is 11.9. The normalized spacial score (nSPS) is 11.1. The number of urea groups is 1. The van der Waals surface area contributed by atoms with E-state index in [4.69, 9.17) is 0 Å². The van der Waals surface area contributed by atoms with E-state index in [1.807, 2.05) is 47.3 Å². The summed E-state index contributed by atoms with van der Waals surface area (Å²) < 4.78 is 7.51. The van der Waals surface area contributed by atoms with Crippen molar-refractivity contribution < 1.29 is 4.79 Å². The molecule has 2 amide bonds. The van der Waals surface area contributed by atoms with Crippen LogP contribution >= 0.6 is 11.5 Å². The van der Waals surface area contributed by atoms with Gasteiger partial charge in [0, 0.05) is 36.5 Å². The third kappa shape index (κ3) is 3.67. The fourth-order valence-electron chi connectivity index (χ4n) is 2.89. The standard InChI is InChI=1S/C19H19N5OS/c25-19(20-10-9-17-15-6-2-4-8-18(15)26-23-17)21-11-12-24-13-14-5-1-3-7-16(14)22-24/h1-8,13H,9-12H2,(H2,20,21,25). The number of rotatable bonds is 6. The minimum atomic E-state index is -0.166. The third-order valence-corrected chi connectivity index (χ3v) is 5.05. The second kappa shape index (κ2) is 7.53. The van der Waals surface area contributed by atoms with Gasteiger partial charge in [-0.15, -0.1) is 0 Å². The van der Waals surface area contributed by atoms with E-state index in [0.29, 0.717) is 19.6 Å². The highest BCUT2D eigenvalue weighted by atomic mass is 32.1. The van der Waals surface area contributed by atoms with Crippen molar-refractivity contribution in [2.75, 3.05) is 13.1 Å². The van der Waals surface area contributed by atoms with Crippen LogP contribution in [0.5, 0.6) is 0 Å². The molecule has 2 heterocycles. The first-order chi connectivity index (χ1) is 12.8. The molecular formula is C19H19N5OS. The van der Waals surface area contributed by atoms with E-state index >= 15 is 0 Å². The van der Waals surface area contributed by atoms with Crippen LogP contribution in [-0.2, 0) is 13.0 Å². The summed E-state index contributed by atoms with van der Waals surface area (Å²) in [7, 11) is 0. The Balaban J connectivity index is 1.21. The Hall–Kier alpha value is -2.93. The zero-order chi connectivity index (χ0) is 17.8. The second-order valence-corrected chi connectivity index (χ2v) is 6.81. The maximum Gasteiger partial charge on any atom is 0.314 e. The molecule has 0 spiro atoms. The van der Waals surface area contributed by atoms with Gasteiger partial charge in [0.2, 0.25) is 0 Å². The average molecular weight is 365 g/mol. The Kier molecular flexibility index (Phi) is 4.79. The van der Waals surface area contributed by atoms with E-state index < -0.39 is 0 Å². The molecule has 0 saturated carbocycles. The number of nitrogens with zero attached hydrogens (tertiary/aromatic N) is 3. The lowest BCUT2D eigenvalue weighted by Crippen LogP contribution is -2.38. The number of benzene rings is 2. The summed E-state index contributed by atoms with van der Waals surface area (Å²) >= 11 is 1.50. The number of carbonyl (C=O) groups is 1. The molecule has 0 fully saturated rings. The molecule has 2 aromatic heterocycles. The van der Waals surface area contributed by atoms with Gasteiger partial charge in [-0.3, -0.25) is 4.68 Å². The number of hydrogen-bond donors (Lipinski definition) is 2. The smallest absolute Gasteiger partial charge is 0.314 e. The number of carbonyl (C=O) groups excluding carboxylic acids is 1. The van der Waals surface area contributed by atoms with Gasteiger partial charge in [-0.05, 0) is 23.7 Å². The van der Waals surface area contributed by atoms with Gasteiger partial charge in [0.15, 0.2) is 0 Å². The van der Waals surface area contributed by atoms with E-state index in [2.05, 4.69) is 32.2 Å². The van der Waals surface area contributed by atoms with Crippen molar-refractivity contribution in [1.29, 1.82) is 0 Å². The molecule has 4 aromatic rings. The zero-order valence-corrected chi connectivity index (χ0v) is 15.0. The van der Waals surface area contributed by atoms with Gasteiger partial charge in [0.1, 0.15) is 0 Å². The van der Waals surface area contributed by atoms with E-state index in [9.17, 15) is 4.79 Å². The molecule has 0 atom stereocenters. The van der Waals surface area contributed by atoms with E-state index in [-0.39, 0.29) is 6.03 Å². The van der Waals surface area contributed by atoms with Crippen LogP contribution in [0.2, 0.25) is 0 Å². The summed E-state index contributed by atoms with van der Waals surface area (Å²) in [5, 5.41) is 12.5. The third-order valence-electron chi connectivity index (χ3n) is 4.19. The highest BCUT2D eigenvalue weighted by Crippen LogP contribution is 2.22. The minimum absolute atomic E-state index is 0.166.